The second kappa shape index (κ2) is 23.7. The molecule has 4 unspecified atom stereocenters. The van der Waals surface area contributed by atoms with Gasteiger partial charge in [-0.1, -0.05) is 116 Å². The summed E-state index contributed by atoms with van der Waals surface area (Å²) in [5.74, 6) is 0. The molecule has 0 radical (unpaired) electrons. The summed E-state index contributed by atoms with van der Waals surface area (Å²) >= 11 is 1.88. The van der Waals surface area contributed by atoms with Gasteiger partial charge in [0.25, 0.3) is 0 Å². The molecule has 56 heavy (non-hydrogen) atoms. The summed E-state index contributed by atoms with van der Waals surface area (Å²) < 4.78 is 38.1. The van der Waals surface area contributed by atoms with E-state index >= 15 is 0 Å². The predicted octanol–water partition coefficient (Wildman–Crippen LogP) is 16.4. The number of allylic oxidation sites excluding steroid dienone is 1. The van der Waals surface area contributed by atoms with Gasteiger partial charge in [0.1, 0.15) is 4.93 Å². The number of ether oxygens (including phenoxy) is 2. The minimum atomic E-state index is -2.89. The van der Waals surface area contributed by atoms with E-state index in [1.165, 1.54) is 0 Å². The fourth-order valence-electron chi connectivity index (χ4n) is 12.5. The van der Waals surface area contributed by atoms with Gasteiger partial charge in [0, 0.05) is 30.4 Å². The van der Waals surface area contributed by atoms with E-state index in [1.54, 1.807) is 0 Å². The highest BCUT2D eigenvalue weighted by Crippen LogP contribution is 2.68. The number of rotatable bonds is 32. The number of methoxy groups -OCH3 is 1. The Hall–Kier alpha value is 0.541. The van der Waals surface area contributed by atoms with Gasteiger partial charge in [-0.25, -0.2) is 0 Å². The molecule has 0 heterocycles. The zero-order chi connectivity index (χ0) is 43.9. The monoisotopic (exact) mass is 861 g/mol. The minimum Gasteiger partial charge on any atom is -0.410 e. The highest BCUT2D eigenvalue weighted by Gasteiger charge is 2.70. The Bertz CT molecular complexity index is 1110. The zero-order valence-electron chi connectivity index (χ0n) is 41.9. The SMILES string of the molecule is CC=CSC(CC)(CC)O[Si](C)(C)C(CC)(CC)C(CC)(CC)O[Si](C)(C(C)COC)C(CC)(CC)C(CC)(CC)O[Si](C)(C(C)CC)C(CC)(CC)OCC. The van der Waals surface area contributed by atoms with E-state index in [0.717, 1.165) is 83.5 Å². The lowest BCUT2D eigenvalue weighted by molar-refractivity contribution is -0.0754. The topological polar surface area (TPSA) is 46.2 Å². The molecule has 0 amide bonds. The van der Waals surface area contributed by atoms with E-state index in [2.05, 4.69) is 155 Å². The molecular formula is C47H100O5SSi3. The van der Waals surface area contributed by atoms with Crippen molar-refractivity contribution in [1.29, 1.82) is 0 Å². The second-order valence-electron chi connectivity index (χ2n) is 18.0. The summed E-state index contributed by atoms with van der Waals surface area (Å²) in [6.45, 7) is 52.0. The molecule has 0 aromatic heterocycles. The first-order chi connectivity index (χ1) is 26.2. The molecular weight excluding hydrogens is 761 g/mol. The Balaban J connectivity index is 8.64. The van der Waals surface area contributed by atoms with Gasteiger partial charge in [-0.05, 0) is 134 Å². The van der Waals surface area contributed by atoms with Crippen LogP contribution >= 0.6 is 11.8 Å². The van der Waals surface area contributed by atoms with Gasteiger partial charge in [-0.3, -0.25) is 0 Å². The first-order valence-corrected chi connectivity index (χ1v) is 32.5. The molecule has 0 rings (SSSR count). The quantitative estimate of drug-likeness (QED) is 0.0496. The summed E-state index contributed by atoms with van der Waals surface area (Å²) in [6.07, 6.45) is 15.0. The Morgan fingerprint density at radius 2 is 0.964 bits per heavy atom. The molecule has 4 atom stereocenters. The van der Waals surface area contributed by atoms with Gasteiger partial charge >= 0.3 is 0 Å². The highest BCUT2D eigenvalue weighted by atomic mass is 32.2. The molecule has 0 aliphatic rings. The molecule has 9 heteroatoms. The van der Waals surface area contributed by atoms with Crippen molar-refractivity contribution in [2.75, 3.05) is 20.3 Å². The molecule has 0 fully saturated rings. The fraction of sp³-hybridized carbons (Fsp3) is 0.957. The van der Waals surface area contributed by atoms with Crippen molar-refractivity contribution in [2.45, 2.75) is 270 Å². The summed E-state index contributed by atoms with van der Waals surface area (Å²) in [6, 6.07) is 0. The first kappa shape index (κ1) is 56.5. The van der Waals surface area contributed by atoms with Crippen LogP contribution in [0.15, 0.2) is 11.5 Å². The van der Waals surface area contributed by atoms with Gasteiger partial charge < -0.3 is 22.8 Å². The zero-order valence-corrected chi connectivity index (χ0v) is 45.7. The van der Waals surface area contributed by atoms with Crippen molar-refractivity contribution in [3.05, 3.63) is 11.5 Å². The molecule has 0 spiro atoms. The van der Waals surface area contributed by atoms with E-state index in [-0.39, 0.29) is 31.4 Å². The third-order valence-electron chi connectivity index (χ3n) is 16.7. The first-order valence-electron chi connectivity index (χ1n) is 23.7. The maximum absolute atomic E-state index is 8.68. The number of hydrogen-bond acceptors (Lipinski definition) is 6. The van der Waals surface area contributed by atoms with Crippen LogP contribution in [0.25, 0.3) is 0 Å². The Morgan fingerprint density at radius 1 is 0.536 bits per heavy atom. The normalized spacial score (nSPS) is 17.6. The van der Waals surface area contributed by atoms with Crippen LogP contribution in [0.4, 0.5) is 0 Å². The third kappa shape index (κ3) is 9.92. The van der Waals surface area contributed by atoms with Crippen LogP contribution in [-0.4, -0.2) is 66.6 Å². The summed E-state index contributed by atoms with van der Waals surface area (Å²) in [5.41, 5.74) is -0.0976. The van der Waals surface area contributed by atoms with Crippen molar-refractivity contribution in [2.24, 2.45) is 0 Å². The number of thioether (sulfide) groups is 1. The predicted molar refractivity (Wildman–Crippen MR) is 259 cm³/mol. The van der Waals surface area contributed by atoms with Crippen molar-refractivity contribution in [1.82, 2.24) is 0 Å². The van der Waals surface area contributed by atoms with E-state index < -0.39 is 30.6 Å². The Kier molecular flexibility index (Phi) is 23.9. The lowest BCUT2D eigenvalue weighted by atomic mass is 9.78. The number of hydrogen-bond donors (Lipinski definition) is 0. The molecule has 0 aliphatic carbocycles. The second-order valence-corrected chi connectivity index (χ2v) is 32.1. The molecule has 0 saturated heterocycles. The average Bonchev–Trinajstić information content (AvgIpc) is 3.20. The van der Waals surface area contributed by atoms with Crippen LogP contribution in [0.3, 0.4) is 0 Å². The van der Waals surface area contributed by atoms with Crippen molar-refractivity contribution >= 4 is 36.7 Å². The molecule has 0 saturated carbocycles. The van der Waals surface area contributed by atoms with E-state index in [9.17, 15) is 0 Å². The summed E-state index contributed by atoms with van der Waals surface area (Å²) in [5, 5.41) is 1.66. The lowest BCUT2D eigenvalue weighted by Crippen LogP contribution is -2.72. The summed E-state index contributed by atoms with van der Waals surface area (Å²) in [4.78, 5) is -0.254. The Labute approximate surface area is 359 Å². The minimum absolute atomic E-state index is 0.125. The average molecular weight is 862 g/mol. The standard InChI is InChI=1S/C47H100O5SSi3/c1-23-38-53-46(33-11,34-12)52-54(19,20)44(29-7,30-8)42(25-3,26-4)50-55(21,41(17)39-48-18)45(31-9,32-10)43(27-5,28-6)51-56(22,40(16)24-2)47(35-13,36-14)49-37-15/h23,38,40-41H,24-37,39H2,1-22H3. The van der Waals surface area contributed by atoms with Crippen LogP contribution in [0.2, 0.25) is 47.3 Å². The molecule has 0 bridgehead atoms. The largest absolute Gasteiger partial charge is 0.410 e. The van der Waals surface area contributed by atoms with Crippen LogP contribution in [0, 0.1) is 0 Å². The van der Waals surface area contributed by atoms with Gasteiger partial charge in [0.05, 0.1) is 16.4 Å². The van der Waals surface area contributed by atoms with Crippen molar-refractivity contribution in [3.8, 4) is 0 Å². The van der Waals surface area contributed by atoms with Crippen LogP contribution in [0.5, 0.6) is 0 Å². The van der Waals surface area contributed by atoms with E-state index in [1.807, 2.05) is 18.9 Å². The maximum Gasteiger partial charge on any atom is 0.224 e. The molecule has 336 valence electrons. The fourth-order valence-corrected chi connectivity index (χ4v) is 29.9. The maximum atomic E-state index is 8.68. The van der Waals surface area contributed by atoms with Crippen molar-refractivity contribution in [3.63, 3.8) is 0 Å². The Morgan fingerprint density at radius 3 is 1.29 bits per heavy atom. The van der Waals surface area contributed by atoms with Crippen molar-refractivity contribution < 1.29 is 22.8 Å². The van der Waals surface area contributed by atoms with Gasteiger partial charge in [-0.15, -0.1) is 11.8 Å². The van der Waals surface area contributed by atoms with Gasteiger partial charge in [-0.2, -0.15) is 0 Å². The molecule has 5 nitrogen and oxygen atoms in total. The van der Waals surface area contributed by atoms with Crippen LogP contribution in [0.1, 0.15) is 201 Å². The smallest absolute Gasteiger partial charge is 0.224 e. The highest BCUT2D eigenvalue weighted by molar-refractivity contribution is 8.03. The van der Waals surface area contributed by atoms with E-state index in [4.69, 9.17) is 22.8 Å². The van der Waals surface area contributed by atoms with Gasteiger partial charge in [0.15, 0.2) is 8.32 Å². The molecule has 0 N–H and O–H groups in total. The van der Waals surface area contributed by atoms with Crippen LogP contribution < -0.4 is 0 Å². The molecule has 0 aromatic rings. The molecule has 0 aromatic carbocycles. The lowest BCUT2D eigenvalue weighted by Gasteiger charge is -2.66. The summed E-state index contributed by atoms with van der Waals surface area (Å²) in [7, 11) is -6.13. The van der Waals surface area contributed by atoms with Gasteiger partial charge in [0.2, 0.25) is 16.6 Å². The van der Waals surface area contributed by atoms with Crippen LogP contribution in [-0.2, 0) is 22.8 Å². The third-order valence-corrected chi connectivity index (χ3v) is 34.4. The van der Waals surface area contributed by atoms with E-state index in [0.29, 0.717) is 18.8 Å². The molecule has 0 aliphatic heterocycles.